The highest BCUT2D eigenvalue weighted by atomic mass is 35.5. The number of carboxylic acid groups (broad SMARTS) is 1. The summed E-state index contributed by atoms with van der Waals surface area (Å²) >= 11 is 6.26. The second-order valence-electron chi connectivity index (χ2n) is 8.05. The Balaban J connectivity index is 2.02. The summed E-state index contributed by atoms with van der Waals surface area (Å²) in [4.78, 5) is 23.1. The minimum atomic E-state index is -5.13. The largest absolute Gasteiger partial charge is 0.478 e. The van der Waals surface area contributed by atoms with Gasteiger partial charge in [0, 0.05) is 35.3 Å². The Kier molecular flexibility index (Phi) is 7.01. The summed E-state index contributed by atoms with van der Waals surface area (Å²) in [6.07, 6.45) is -4.20. The summed E-state index contributed by atoms with van der Waals surface area (Å²) in [6.45, 7) is 2.49. The van der Waals surface area contributed by atoms with Gasteiger partial charge in [-0.25, -0.2) is 9.18 Å². The zero-order chi connectivity index (χ0) is 26.3. The van der Waals surface area contributed by atoms with Gasteiger partial charge < -0.3 is 19.5 Å². The summed E-state index contributed by atoms with van der Waals surface area (Å²) in [5, 5.41) is 19.9. The van der Waals surface area contributed by atoms with Crippen LogP contribution in [0.1, 0.15) is 39.9 Å². The second-order valence-corrected chi connectivity index (χ2v) is 8.45. The number of aromatic carboxylic acids is 1. The third-order valence-electron chi connectivity index (χ3n) is 5.70. The fourth-order valence-corrected chi connectivity index (χ4v) is 4.09. The molecule has 1 aromatic heterocycles. The molecule has 35 heavy (non-hydrogen) atoms. The van der Waals surface area contributed by atoms with Crippen LogP contribution in [-0.4, -0.2) is 26.9 Å². The van der Waals surface area contributed by atoms with Crippen LogP contribution >= 0.6 is 11.6 Å². The lowest BCUT2D eigenvalue weighted by molar-refractivity contribution is -0.274. The number of aliphatic hydroxyl groups is 1. The van der Waals surface area contributed by atoms with E-state index in [0.717, 1.165) is 35.9 Å². The third kappa shape index (κ3) is 4.89. The van der Waals surface area contributed by atoms with Crippen molar-refractivity contribution < 1.29 is 37.3 Å². The molecular formula is C24H20ClF4NO5. The topological polar surface area (TPSA) is 88.8 Å². The minimum absolute atomic E-state index is 0.0229. The first-order valence-electron chi connectivity index (χ1n) is 10.1. The standard InChI is InChI=1S/C24H20ClF4NO5/c1-12-8-14(11-30(3)21(12)31)23(34,24(27,28)29)13(2)17-6-4-16(10-19(17)25)35-15-5-7-20(26)18(9-15)22(32)33/h4-11,13,34H,1-3H3,(H,32,33)/t13-,23-/m0/s1. The molecule has 3 aromatic rings. The maximum atomic E-state index is 14.2. The molecular weight excluding hydrogens is 494 g/mol. The van der Waals surface area contributed by atoms with E-state index in [1.165, 1.54) is 38.2 Å². The van der Waals surface area contributed by atoms with Crippen molar-refractivity contribution in [1.29, 1.82) is 0 Å². The number of nitrogens with zero attached hydrogens (tertiary/aromatic N) is 1. The summed E-state index contributed by atoms with van der Waals surface area (Å²) in [7, 11) is 1.28. The molecule has 0 saturated heterocycles. The number of pyridine rings is 1. The van der Waals surface area contributed by atoms with Crippen molar-refractivity contribution in [2.75, 3.05) is 0 Å². The van der Waals surface area contributed by atoms with E-state index in [9.17, 15) is 32.3 Å². The zero-order valence-electron chi connectivity index (χ0n) is 18.7. The van der Waals surface area contributed by atoms with E-state index in [-0.39, 0.29) is 27.6 Å². The van der Waals surface area contributed by atoms with Gasteiger partial charge in [0.05, 0.1) is 5.56 Å². The van der Waals surface area contributed by atoms with Gasteiger partial charge in [0.15, 0.2) is 5.60 Å². The number of carboxylic acids is 1. The van der Waals surface area contributed by atoms with Crippen molar-refractivity contribution in [3.8, 4) is 11.5 Å². The molecule has 0 saturated carbocycles. The number of ether oxygens (including phenoxy) is 1. The van der Waals surface area contributed by atoms with Gasteiger partial charge in [0.25, 0.3) is 5.56 Å². The molecule has 0 fully saturated rings. The highest BCUT2D eigenvalue weighted by molar-refractivity contribution is 6.31. The van der Waals surface area contributed by atoms with Crippen molar-refractivity contribution in [2.45, 2.75) is 31.5 Å². The maximum Gasteiger partial charge on any atom is 0.422 e. The number of benzene rings is 2. The maximum absolute atomic E-state index is 14.2. The first-order chi connectivity index (χ1) is 16.2. The molecule has 6 nitrogen and oxygen atoms in total. The lowest BCUT2D eigenvalue weighted by atomic mass is 9.78. The molecule has 0 aliphatic heterocycles. The van der Waals surface area contributed by atoms with E-state index in [1.54, 1.807) is 0 Å². The molecule has 0 bridgehead atoms. The van der Waals surface area contributed by atoms with Crippen LogP contribution < -0.4 is 10.3 Å². The molecule has 0 unspecified atom stereocenters. The van der Waals surface area contributed by atoms with Gasteiger partial charge in [0.1, 0.15) is 17.3 Å². The van der Waals surface area contributed by atoms with Gasteiger partial charge in [-0.1, -0.05) is 24.6 Å². The van der Waals surface area contributed by atoms with E-state index in [4.69, 9.17) is 21.4 Å². The zero-order valence-corrected chi connectivity index (χ0v) is 19.4. The summed E-state index contributed by atoms with van der Waals surface area (Å²) in [5.41, 5.74) is -5.08. The lowest BCUT2D eigenvalue weighted by Gasteiger charge is -2.37. The van der Waals surface area contributed by atoms with Crippen molar-refractivity contribution in [3.05, 3.63) is 92.1 Å². The molecule has 0 aliphatic carbocycles. The monoisotopic (exact) mass is 513 g/mol. The number of hydrogen-bond donors (Lipinski definition) is 2. The number of hydrogen-bond acceptors (Lipinski definition) is 4. The molecule has 186 valence electrons. The molecule has 0 amide bonds. The molecule has 1 heterocycles. The SMILES string of the molecule is Cc1cc([C@@](O)([C@@H](C)c2ccc(Oc3ccc(F)c(C(=O)O)c3)cc2Cl)C(F)(F)F)cn(C)c1=O. The number of aryl methyl sites for hydroxylation is 2. The fraction of sp³-hybridized carbons (Fsp3) is 0.250. The van der Waals surface area contributed by atoms with Crippen LogP contribution in [0.4, 0.5) is 17.6 Å². The van der Waals surface area contributed by atoms with E-state index >= 15 is 0 Å². The highest BCUT2D eigenvalue weighted by Gasteiger charge is 2.59. The van der Waals surface area contributed by atoms with Gasteiger partial charge in [-0.3, -0.25) is 4.79 Å². The average Bonchev–Trinajstić information content (AvgIpc) is 2.76. The molecule has 0 radical (unpaired) electrons. The van der Waals surface area contributed by atoms with Crippen LogP contribution in [0.2, 0.25) is 5.02 Å². The van der Waals surface area contributed by atoms with Gasteiger partial charge in [-0.2, -0.15) is 13.2 Å². The van der Waals surface area contributed by atoms with Crippen LogP contribution in [0, 0.1) is 12.7 Å². The van der Waals surface area contributed by atoms with Crippen molar-refractivity contribution in [2.24, 2.45) is 7.05 Å². The predicted octanol–water partition coefficient (Wildman–Crippen LogP) is 5.53. The van der Waals surface area contributed by atoms with Crippen LogP contribution in [0.5, 0.6) is 11.5 Å². The first-order valence-corrected chi connectivity index (χ1v) is 10.5. The van der Waals surface area contributed by atoms with Crippen molar-refractivity contribution in [1.82, 2.24) is 4.57 Å². The summed E-state index contributed by atoms with van der Waals surface area (Å²) in [6, 6.07) is 7.73. The van der Waals surface area contributed by atoms with E-state index in [2.05, 4.69) is 0 Å². The summed E-state index contributed by atoms with van der Waals surface area (Å²) in [5.74, 6) is -4.07. The summed E-state index contributed by atoms with van der Waals surface area (Å²) < 4.78 is 62.8. The van der Waals surface area contributed by atoms with Crippen LogP contribution in [0.15, 0.2) is 53.5 Å². The molecule has 3 rings (SSSR count). The Morgan fingerprint density at radius 2 is 1.71 bits per heavy atom. The smallest absolute Gasteiger partial charge is 0.422 e. The molecule has 2 atom stereocenters. The lowest BCUT2D eigenvalue weighted by Crippen LogP contribution is -2.47. The average molecular weight is 514 g/mol. The normalized spacial score (nSPS) is 14.3. The minimum Gasteiger partial charge on any atom is -0.478 e. The fourth-order valence-electron chi connectivity index (χ4n) is 3.76. The number of rotatable bonds is 6. The molecule has 2 N–H and O–H groups in total. The van der Waals surface area contributed by atoms with Crippen LogP contribution in [0.25, 0.3) is 0 Å². The van der Waals surface area contributed by atoms with Crippen molar-refractivity contribution in [3.63, 3.8) is 0 Å². The Hall–Kier alpha value is -3.37. The molecule has 2 aromatic carbocycles. The Morgan fingerprint density at radius 3 is 2.26 bits per heavy atom. The number of alkyl halides is 3. The van der Waals surface area contributed by atoms with Crippen molar-refractivity contribution >= 4 is 17.6 Å². The predicted molar refractivity (Wildman–Crippen MR) is 120 cm³/mol. The van der Waals surface area contributed by atoms with E-state index < -0.39 is 46.2 Å². The highest BCUT2D eigenvalue weighted by Crippen LogP contribution is 2.50. The molecule has 0 aliphatic rings. The number of aromatic nitrogens is 1. The molecule has 0 spiro atoms. The van der Waals surface area contributed by atoms with E-state index in [1.807, 2.05) is 0 Å². The Bertz CT molecular complexity index is 1330. The van der Waals surface area contributed by atoms with Gasteiger partial charge in [-0.15, -0.1) is 0 Å². The Morgan fingerprint density at radius 1 is 1.11 bits per heavy atom. The first kappa shape index (κ1) is 26.2. The van der Waals surface area contributed by atoms with Gasteiger partial charge in [-0.05, 0) is 48.9 Å². The van der Waals surface area contributed by atoms with E-state index in [0.29, 0.717) is 0 Å². The third-order valence-corrected chi connectivity index (χ3v) is 6.03. The van der Waals surface area contributed by atoms with Gasteiger partial charge in [0.2, 0.25) is 0 Å². The number of halogens is 5. The quantitative estimate of drug-likeness (QED) is 0.423. The van der Waals surface area contributed by atoms with Crippen LogP contribution in [0.3, 0.4) is 0 Å². The molecule has 11 heteroatoms. The number of carbonyl (C=O) groups is 1. The second kappa shape index (κ2) is 9.35. The van der Waals surface area contributed by atoms with Crippen LogP contribution in [-0.2, 0) is 12.6 Å². The Labute approximate surface area is 202 Å². The van der Waals surface area contributed by atoms with Gasteiger partial charge >= 0.3 is 12.1 Å².